The molecule has 0 saturated carbocycles. The lowest BCUT2D eigenvalue weighted by Crippen LogP contribution is -2.18. The van der Waals surface area contributed by atoms with Gasteiger partial charge in [0.05, 0.1) is 13.2 Å². The molecule has 0 aliphatic carbocycles. The first-order chi connectivity index (χ1) is 6.88. The minimum atomic E-state index is 0.324. The molecule has 1 aromatic rings. The summed E-state index contributed by atoms with van der Waals surface area (Å²) in [6, 6.07) is 0. The monoisotopic (exact) mass is 215 g/mol. The summed E-state index contributed by atoms with van der Waals surface area (Å²) in [5.74, 6) is 0. The SMILES string of the molecule is COc1nnc(NCC2CCCO2)s1. The van der Waals surface area contributed by atoms with Gasteiger partial charge in [0.1, 0.15) is 0 Å². The maximum Gasteiger partial charge on any atom is 0.295 e. The standard InChI is InChI=1S/C8H13N3O2S/c1-12-8-11-10-7(14-8)9-5-6-3-2-4-13-6/h6H,2-5H2,1H3,(H,9,10). The number of anilines is 1. The maximum absolute atomic E-state index is 5.47. The lowest BCUT2D eigenvalue weighted by atomic mass is 10.2. The lowest BCUT2D eigenvalue weighted by Gasteiger charge is -2.08. The highest BCUT2D eigenvalue weighted by atomic mass is 32.1. The molecular weight excluding hydrogens is 202 g/mol. The van der Waals surface area contributed by atoms with Crippen molar-refractivity contribution >= 4 is 16.5 Å². The topological polar surface area (TPSA) is 56.3 Å². The fraction of sp³-hybridized carbons (Fsp3) is 0.750. The summed E-state index contributed by atoms with van der Waals surface area (Å²) in [4.78, 5) is 0. The summed E-state index contributed by atoms with van der Waals surface area (Å²) in [6.07, 6.45) is 2.61. The van der Waals surface area contributed by atoms with Crippen LogP contribution in [0.2, 0.25) is 0 Å². The molecule has 1 aliphatic heterocycles. The summed E-state index contributed by atoms with van der Waals surface area (Å²) in [6.45, 7) is 1.68. The largest absolute Gasteiger partial charge is 0.472 e. The highest BCUT2D eigenvalue weighted by Gasteiger charge is 2.15. The fourth-order valence-electron chi connectivity index (χ4n) is 1.37. The Morgan fingerprint density at radius 3 is 3.21 bits per heavy atom. The number of aromatic nitrogens is 2. The molecule has 1 atom stereocenters. The van der Waals surface area contributed by atoms with Gasteiger partial charge in [-0.2, -0.15) is 0 Å². The third kappa shape index (κ3) is 2.33. The van der Waals surface area contributed by atoms with Crippen LogP contribution < -0.4 is 10.1 Å². The Hall–Kier alpha value is -0.880. The van der Waals surface area contributed by atoms with E-state index in [-0.39, 0.29) is 0 Å². The maximum atomic E-state index is 5.47. The van der Waals surface area contributed by atoms with Gasteiger partial charge in [0.15, 0.2) is 0 Å². The van der Waals surface area contributed by atoms with Gasteiger partial charge in [-0.05, 0) is 24.2 Å². The van der Waals surface area contributed by atoms with Crippen LogP contribution in [0.15, 0.2) is 0 Å². The molecule has 78 valence electrons. The van der Waals surface area contributed by atoms with Crippen molar-refractivity contribution in [1.82, 2.24) is 10.2 Å². The van der Waals surface area contributed by atoms with Crippen LogP contribution in [0.4, 0.5) is 5.13 Å². The number of rotatable bonds is 4. The second-order valence-corrected chi connectivity index (χ2v) is 4.03. The van der Waals surface area contributed by atoms with Gasteiger partial charge in [-0.15, -0.1) is 5.10 Å². The molecule has 14 heavy (non-hydrogen) atoms. The van der Waals surface area contributed by atoms with E-state index < -0.39 is 0 Å². The van der Waals surface area contributed by atoms with E-state index in [1.807, 2.05) is 0 Å². The molecule has 0 aromatic carbocycles. The average Bonchev–Trinajstić information content (AvgIpc) is 2.86. The van der Waals surface area contributed by atoms with Gasteiger partial charge >= 0.3 is 0 Å². The molecular formula is C8H13N3O2S. The Labute approximate surface area is 86.4 Å². The van der Waals surface area contributed by atoms with Crippen molar-refractivity contribution in [3.8, 4) is 5.19 Å². The van der Waals surface area contributed by atoms with Crippen LogP contribution in [0, 0.1) is 0 Å². The number of nitrogens with zero attached hydrogens (tertiary/aromatic N) is 2. The van der Waals surface area contributed by atoms with E-state index in [1.165, 1.54) is 11.3 Å². The first-order valence-electron chi connectivity index (χ1n) is 4.61. The Morgan fingerprint density at radius 1 is 1.64 bits per heavy atom. The van der Waals surface area contributed by atoms with Crippen LogP contribution in [0.25, 0.3) is 0 Å². The van der Waals surface area contributed by atoms with E-state index in [0.29, 0.717) is 11.3 Å². The molecule has 5 nitrogen and oxygen atoms in total. The first kappa shape index (κ1) is 9.67. The highest BCUT2D eigenvalue weighted by molar-refractivity contribution is 7.16. The van der Waals surface area contributed by atoms with Crippen LogP contribution >= 0.6 is 11.3 Å². The Bertz CT molecular complexity index is 286. The molecule has 2 rings (SSSR count). The van der Waals surface area contributed by atoms with Gasteiger partial charge in [0.2, 0.25) is 5.13 Å². The van der Waals surface area contributed by atoms with Crippen molar-refractivity contribution in [3.63, 3.8) is 0 Å². The van der Waals surface area contributed by atoms with Crippen molar-refractivity contribution < 1.29 is 9.47 Å². The Morgan fingerprint density at radius 2 is 2.57 bits per heavy atom. The lowest BCUT2D eigenvalue weighted by molar-refractivity contribution is 0.120. The highest BCUT2D eigenvalue weighted by Crippen LogP contribution is 2.22. The molecule has 1 aliphatic rings. The molecule has 0 bridgehead atoms. The van der Waals surface area contributed by atoms with E-state index in [4.69, 9.17) is 9.47 Å². The zero-order chi connectivity index (χ0) is 9.80. The van der Waals surface area contributed by atoms with Crippen molar-refractivity contribution in [1.29, 1.82) is 0 Å². The van der Waals surface area contributed by atoms with Gasteiger partial charge in [-0.1, -0.05) is 5.10 Å². The van der Waals surface area contributed by atoms with Crippen LogP contribution in [-0.4, -0.2) is 36.6 Å². The zero-order valence-electron chi connectivity index (χ0n) is 8.02. The van der Waals surface area contributed by atoms with Gasteiger partial charge in [-0.25, -0.2) is 0 Å². The molecule has 1 saturated heterocycles. The summed E-state index contributed by atoms with van der Waals surface area (Å²) < 4.78 is 10.4. The number of hydrogen-bond donors (Lipinski definition) is 1. The van der Waals surface area contributed by atoms with Crippen LogP contribution in [0.1, 0.15) is 12.8 Å². The first-order valence-corrected chi connectivity index (χ1v) is 5.43. The van der Waals surface area contributed by atoms with Crippen LogP contribution in [-0.2, 0) is 4.74 Å². The van der Waals surface area contributed by atoms with Gasteiger partial charge in [0.25, 0.3) is 5.19 Å². The van der Waals surface area contributed by atoms with E-state index in [1.54, 1.807) is 7.11 Å². The molecule has 1 unspecified atom stereocenters. The third-order valence-corrected chi connectivity index (χ3v) is 2.93. The number of nitrogens with one attached hydrogen (secondary N) is 1. The Balaban J connectivity index is 1.79. The summed E-state index contributed by atoms with van der Waals surface area (Å²) in [5.41, 5.74) is 0. The fourth-order valence-corrected chi connectivity index (χ4v) is 1.94. The van der Waals surface area contributed by atoms with E-state index in [9.17, 15) is 0 Å². The van der Waals surface area contributed by atoms with Crippen LogP contribution in [0.5, 0.6) is 5.19 Å². The minimum Gasteiger partial charge on any atom is -0.472 e. The summed E-state index contributed by atoms with van der Waals surface area (Å²) in [5, 5.41) is 12.3. The van der Waals surface area contributed by atoms with Crippen molar-refractivity contribution in [2.24, 2.45) is 0 Å². The normalized spacial score (nSPS) is 21.1. The van der Waals surface area contributed by atoms with Gasteiger partial charge < -0.3 is 14.8 Å². The number of methoxy groups -OCH3 is 1. The molecule has 1 aromatic heterocycles. The quantitative estimate of drug-likeness (QED) is 0.816. The van der Waals surface area contributed by atoms with Crippen molar-refractivity contribution in [2.75, 3.05) is 25.6 Å². The van der Waals surface area contributed by atoms with Gasteiger partial charge in [0, 0.05) is 13.2 Å². The Kier molecular flexibility index (Phi) is 3.15. The number of hydrogen-bond acceptors (Lipinski definition) is 6. The van der Waals surface area contributed by atoms with Crippen molar-refractivity contribution in [2.45, 2.75) is 18.9 Å². The molecule has 0 amide bonds. The zero-order valence-corrected chi connectivity index (χ0v) is 8.84. The third-order valence-electron chi connectivity index (χ3n) is 2.09. The number of ether oxygens (including phenoxy) is 2. The molecule has 1 N–H and O–H groups in total. The van der Waals surface area contributed by atoms with Crippen LogP contribution in [0.3, 0.4) is 0 Å². The second-order valence-electron chi connectivity index (χ2n) is 3.09. The van der Waals surface area contributed by atoms with E-state index in [2.05, 4.69) is 15.5 Å². The molecule has 0 radical (unpaired) electrons. The second kappa shape index (κ2) is 4.56. The predicted molar refractivity (Wildman–Crippen MR) is 53.9 cm³/mol. The van der Waals surface area contributed by atoms with E-state index in [0.717, 1.165) is 31.1 Å². The summed E-state index contributed by atoms with van der Waals surface area (Å²) in [7, 11) is 1.59. The molecule has 2 heterocycles. The summed E-state index contributed by atoms with van der Waals surface area (Å²) >= 11 is 1.41. The molecule has 6 heteroatoms. The molecule has 1 fully saturated rings. The van der Waals surface area contributed by atoms with E-state index >= 15 is 0 Å². The molecule has 0 spiro atoms. The van der Waals surface area contributed by atoms with Crippen molar-refractivity contribution in [3.05, 3.63) is 0 Å². The predicted octanol–water partition coefficient (Wildman–Crippen LogP) is 1.14. The average molecular weight is 215 g/mol. The minimum absolute atomic E-state index is 0.324. The van der Waals surface area contributed by atoms with Gasteiger partial charge in [-0.3, -0.25) is 0 Å². The smallest absolute Gasteiger partial charge is 0.295 e.